The maximum Gasteiger partial charge on any atom is 0.262 e. The van der Waals surface area contributed by atoms with Crippen LogP contribution in [0.15, 0.2) is 65.0 Å². The molecule has 34 heavy (non-hydrogen) atoms. The van der Waals surface area contributed by atoms with Gasteiger partial charge in [0.1, 0.15) is 4.83 Å². The Morgan fingerprint density at radius 3 is 2.38 bits per heavy atom. The first-order valence-electron chi connectivity index (χ1n) is 11.2. The number of anilines is 2. The molecular formula is C26H24N4O3S. The fourth-order valence-corrected chi connectivity index (χ4v) is 4.65. The van der Waals surface area contributed by atoms with E-state index in [0.717, 1.165) is 29.5 Å². The average molecular weight is 473 g/mol. The molecule has 0 aliphatic heterocycles. The largest absolute Gasteiger partial charge is 0.326 e. The number of aromatic nitrogens is 2. The zero-order valence-electron chi connectivity index (χ0n) is 18.7. The Balaban J connectivity index is 1.24. The van der Waals surface area contributed by atoms with E-state index < -0.39 is 0 Å². The van der Waals surface area contributed by atoms with Crippen molar-refractivity contribution in [3.05, 3.63) is 76.2 Å². The van der Waals surface area contributed by atoms with Gasteiger partial charge in [-0.05, 0) is 49.6 Å². The highest BCUT2D eigenvalue weighted by atomic mass is 32.1. The minimum absolute atomic E-state index is 0.0453. The fraction of sp³-hybridized carbons (Fsp3) is 0.231. The van der Waals surface area contributed by atoms with Crippen LogP contribution in [0.1, 0.15) is 24.8 Å². The van der Waals surface area contributed by atoms with Crippen molar-refractivity contribution in [3.8, 4) is 11.1 Å². The van der Waals surface area contributed by atoms with Crippen LogP contribution in [0.5, 0.6) is 0 Å². The van der Waals surface area contributed by atoms with Gasteiger partial charge >= 0.3 is 0 Å². The molecule has 0 radical (unpaired) electrons. The van der Waals surface area contributed by atoms with E-state index in [2.05, 4.69) is 15.6 Å². The van der Waals surface area contributed by atoms with Crippen molar-refractivity contribution < 1.29 is 9.59 Å². The van der Waals surface area contributed by atoms with E-state index in [4.69, 9.17) is 0 Å². The SMILES string of the molecule is Cc1ccc(-c2csc3ncn(CCC(=O)Nc4ccc(NC(=O)C5CC5)cc4)c(=O)c23)cc1. The lowest BCUT2D eigenvalue weighted by molar-refractivity contribution is -0.117. The number of thiophene rings is 1. The summed E-state index contributed by atoms with van der Waals surface area (Å²) in [5.41, 5.74) is 4.19. The Bertz CT molecular complexity index is 1420. The number of hydrogen-bond donors (Lipinski definition) is 2. The molecule has 8 heteroatoms. The van der Waals surface area contributed by atoms with Gasteiger partial charge in [-0.15, -0.1) is 11.3 Å². The first-order chi connectivity index (χ1) is 16.5. The van der Waals surface area contributed by atoms with Crippen molar-refractivity contribution in [2.24, 2.45) is 5.92 Å². The quantitative estimate of drug-likeness (QED) is 0.404. The Kier molecular flexibility index (Phi) is 5.98. The smallest absolute Gasteiger partial charge is 0.262 e. The summed E-state index contributed by atoms with van der Waals surface area (Å²) in [5, 5.41) is 8.25. The molecular weight excluding hydrogens is 448 g/mol. The number of carbonyl (C=O) groups is 2. The second-order valence-corrected chi connectivity index (χ2v) is 9.44. The molecule has 5 rings (SSSR count). The molecule has 0 spiro atoms. The Hall–Kier alpha value is -3.78. The van der Waals surface area contributed by atoms with Crippen LogP contribution in [0.3, 0.4) is 0 Å². The topological polar surface area (TPSA) is 93.1 Å². The molecule has 2 aromatic heterocycles. The summed E-state index contributed by atoms with van der Waals surface area (Å²) in [6.45, 7) is 2.25. The highest BCUT2D eigenvalue weighted by molar-refractivity contribution is 7.17. The van der Waals surface area contributed by atoms with Crippen molar-refractivity contribution >= 4 is 44.7 Å². The Morgan fingerprint density at radius 2 is 1.71 bits per heavy atom. The van der Waals surface area contributed by atoms with E-state index in [0.29, 0.717) is 21.6 Å². The highest BCUT2D eigenvalue weighted by Gasteiger charge is 2.29. The van der Waals surface area contributed by atoms with Crippen LogP contribution >= 0.6 is 11.3 Å². The minimum atomic E-state index is -0.203. The van der Waals surface area contributed by atoms with Gasteiger partial charge in [0.25, 0.3) is 5.56 Å². The molecule has 2 amide bonds. The van der Waals surface area contributed by atoms with E-state index in [1.165, 1.54) is 22.2 Å². The second-order valence-electron chi connectivity index (χ2n) is 8.58. The van der Waals surface area contributed by atoms with Crippen LogP contribution in [-0.2, 0) is 16.1 Å². The molecule has 2 heterocycles. The van der Waals surface area contributed by atoms with Crippen LogP contribution in [0, 0.1) is 12.8 Å². The summed E-state index contributed by atoms with van der Waals surface area (Å²) in [4.78, 5) is 42.6. The van der Waals surface area contributed by atoms with Crippen LogP contribution in [-0.4, -0.2) is 21.4 Å². The Labute approximate surface area is 200 Å². The second kappa shape index (κ2) is 9.23. The normalized spacial score (nSPS) is 13.1. The first kappa shape index (κ1) is 22.0. The third-order valence-electron chi connectivity index (χ3n) is 5.89. The molecule has 0 bridgehead atoms. The molecule has 1 aliphatic rings. The number of carbonyl (C=O) groups excluding carboxylic acids is 2. The van der Waals surface area contributed by atoms with E-state index >= 15 is 0 Å². The summed E-state index contributed by atoms with van der Waals surface area (Å²) in [6.07, 6.45) is 3.54. The molecule has 7 nitrogen and oxygen atoms in total. The Morgan fingerprint density at radius 1 is 1.03 bits per heavy atom. The van der Waals surface area contributed by atoms with E-state index in [1.54, 1.807) is 24.3 Å². The summed E-state index contributed by atoms with van der Waals surface area (Å²) < 4.78 is 1.49. The third-order valence-corrected chi connectivity index (χ3v) is 6.77. The van der Waals surface area contributed by atoms with Gasteiger partial charge in [0, 0.05) is 41.2 Å². The van der Waals surface area contributed by atoms with E-state index in [-0.39, 0.29) is 36.3 Å². The maximum absolute atomic E-state index is 13.2. The molecule has 2 N–H and O–H groups in total. The maximum atomic E-state index is 13.2. The van der Waals surface area contributed by atoms with Gasteiger partial charge in [-0.3, -0.25) is 19.0 Å². The number of amides is 2. The molecule has 1 fully saturated rings. The lowest BCUT2D eigenvalue weighted by Gasteiger charge is -2.09. The molecule has 4 aromatic rings. The standard InChI is InChI=1S/C26H24N4O3S/c1-16-2-4-17(5-3-16)21-14-34-25-23(21)26(33)30(15-27-25)13-12-22(31)28-19-8-10-20(11-9-19)29-24(32)18-6-7-18/h2-5,8-11,14-15,18H,6-7,12-13H2,1H3,(H,28,31)(H,29,32). The van der Waals surface area contributed by atoms with Crippen molar-refractivity contribution in [3.63, 3.8) is 0 Å². The first-order valence-corrected chi connectivity index (χ1v) is 12.1. The number of rotatable bonds is 7. The zero-order chi connectivity index (χ0) is 23.7. The summed E-state index contributed by atoms with van der Waals surface area (Å²) >= 11 is 1.44. The summed E-state index contributed by atoms with van der Waals surface area (Å²) in [7, 11) is 0. The van der Waals surface area contributed by atoms with E-state index in [1.807, 2.05) is 36.6 Å². The fourth-order valence-electron chi connectivity index (χ4n) is 3.74. The number of aryl methyl sites for hydroxylation is 2. The van der Waals surface area contributed by atoms with Gasteiger partial charge in [-0.25, -0.2) is 4.98 Å². The number of nitrogens with one attached hydrogen (secondary N) is 2. The average Bonchev–Trinajstić information content (AvgIpc) is 3.60. The van der Waals surface area contributed by atoms with Gasteiger partial charge in [0.2, 0.25) is 11.8 Å². The number of benzene rings is 2. The van der Waals surface area contributed by atoms with Gasteiger partial charge in [0.15, 0.2) is 0 Å². The van der Waals surface area contributed by atoms with Gasteiger partial charge in [-0.2, -0.15) is 0 Å². The van der Waals surface area contributed by atoms with Crippen LogP contribution in [0.25, 0.3) is 21.3 Å². The predicted octanol–water partition coefficient (Wildman–Crippen LogP) is 4.81. The minimum Gasteiger partial charge on any atom is -0.326 e. The van der Waals surface area contributed by atoms with Gasteiger partial charge in [0.05, 0.1) is 11.7 Å². The molecule has 0 saturated heterocycles. The number of nitrogens with zero attached hydrogens (tertiary/aromatic N) is 2. The molecule has 0 atom stereocenters. The third kappa shape index (κ3) is 4.77. The van der Waals surface area contributed by atoms with Crippen LogP contribution in [0.4, 0.5) is 11.4 Å². The van der Waals surface area contributed by atoms with Gasteiger partial charge < -0.3 is 10.6 Å². The molecule has 172 valence electrons. The zero-order valence-corrected chi connectivity index (χ0v) is 19.5. The molecule has 2 aromatic carbocycles. The number of fused-ring (bicyclic) bond motifs is 1. The lowest BCUT2D eigenvalue weighted by Crippen LogP contribution is -2.23. The van der Waals surface area contributed by atoms with Crippen molar-refractivity contribution in [2.45, 2.75) is 32.7 Å². The summed E-state index contributed by atoms with van der Waals surface area (Å²) in [6, 6.07) is 15.1. The predicted molar refractivity (Wildman–Crippen MR) is 135 cm³/mol. The summed E-state index contributed by atoms with van der Waals surface area (Å²) in [5.74, 6) is -0.0200. The van der Waals surface area contributed by atoms with Gasteiger partial charge in [-0.1, -0.05) is 29.8 Å². The van der Waals surface area contributed by atoms with Crippen molar-refractivity contribution in [1.29, 1.82) is 0 Å². The van der Waals surface area contributed by atoms with Crippen molar-refractivity contribution in [2.75, 3.05) is 10.6 Å². The van der Waals surface area contributed by atoms with Crippen molar-refractivity contribution in [1.82, 2.24) is 9.55 Å². The monoisotopic (exact) mass is 472 g/mol. The lowest BCUT2D eigenvalue weighted by atomic mass is 10.1. The number of hydrogen-bond acceptors (Lipinski definition) is 5. The molecule has 1 aliphatic carbocycles. The molecule has 0 unspecified atom stereocenters. The van der Waals surface area contributed by atoms with E-state index in [9.17, 15) is 14.4 Å². The van der Waals surface area contributed by atoms with Crippen LogP contribution in [0.2, 0.25) is 0 Å². The highest BCUT2D eigenvalue weighted by Crippen LogP contribution is 2.31. The van der Waals surface area contributed by atoms with Crippen LogP contribution < -0.4 is 16.2 Å². The molecule has 1 saturated carbocycles.